The van der Waals surface area contributed by atoms with E-state index in [0.717, 1.165) is 54.4 Å². The Kier molecular flexibility index (Phi) is 20.5. The van der Waals surface area contributed by atoms with E-state index in [-0.39, 0.29) is 49.6 Å². The van der Waals surface area contributed by atoms with Crippen LogP contribution in [0.2, 0.25) is 54.4 Å². The Bertz CT molecular complexity index is 578. The van der Waals surface area contributed by atoms with Crippen molar-refractivity contribution in [3.05, 3.63) is 0 Å². The van der Waals surface area contributed by atoms with Crippen LogP contribution >= 0.6 is 28.5 Å². The number of aliphatic hydroxyl groups excluding tert-OH is 1. The van der Waals surface area contributed by atoms with Gasteiger partial charge in [-0.1, -0.05) is 62.3 Å². The van der Waals surface area contributed by atoms with Crippen LogP contribution in [0.25, 0.3) is 0 Å². The van der Waals surface area contributed by atoms with Gasteiger partial charge in [0.15, 0.2) is 25.0 Å². The second kappa shape index (κ2) is 19.4. The molecule has 0 bridgehead atoms. The average molecular weight is 746 g/mol. The first-order valence-electron chi connectivity index (χ1n) is 14.5. The Morgan fingerprint density at radius 2 is 0.946 bits per heavy atom. The summed E-state index contributed by atoms with van der Waals surface area (Å²) in [6, 6.07) is 9.52. The van der Waals surface area contributed by atoms with E-state index in [4.69, 9.17) is 22.5 Å². The van der Waals surface area contributed by atoms with Gasteiger partial charge in [0.05, 0.1) is 19.7 Å². The van der Waals surface area contributed by atoms with Crippen LogP contribution in [0.15, 0.2) is 0 Å². The topological polar surface area (TPSA) is 66.4 Å². The smallest absolute Gasteiger partial charge is 0.192 e. The van der Waals surface area contributed by atoms with Crippen LogP contribution in [0, 0.1) is 0 Å². The standard InChI is InChI=1S/C25H56IO6PSi3.V/c1-10-34(11-2,12-3)30-23-21(19-27)29-22(20-28-33-26)24(31-35(13-4,14-5)15-6)25(23)32-36(16-7,17-8)18-9;/h21-25,27,33H,10-20H2,1-9H3;/t21?,22-,23+,24+,25-;/m1./s1. The number of rotatable bonds is 19. The van der Waals surface area contributed by atoms with Crippen molar-refractivity contribution >= 4 is 53.4 Å². The molecule has 221 valence electrons. The Labute approximate surface area is 258 Å². The second-order valence-corrected chi connectivity index (χ2v) is 26.2. The molecule has 1 N–H and O–H groups in total. The number of hydrogen-bond acceptors (Lipinski definition) is 6. The summed E-state index contributed by atoms with van der Waals surface area (Å²) in [6.45, 7) is 21.1. The van der Waals surface area contributed by atoms with E-state index >= 15 is 0 Å². The number of halogens is 1. The van der Waals surface area contributed by atoms with Gasteiger partial charge in [-0.05, 0) is 76.4 Å². The van der Waals surface area contributed by atoms with Crippen LogP contribution in [0.5, 0.6) is 0 Å². The van der Waals surface area contributed by atoms with Gasteiger partial charge in [-0.25, -0.2) is 0 Å². The predicted octanol–water partition coefficient (Wildman–Crippen LogP) is 7.87. The molecule has 0 aromatic rings. The monoisotopic (exact) mass is 745 g/mol. The van der Waals surface area contributed by atoms with Crippen LogP contribution in [0.1, 0.15) is 62.3 Å². The quantitative estimate of drug-likeness (QED) is 0.0826. The van der Waals surface area contributed by atoms with Crippen molar-refractivity contribution in [3.63, 3.8) is 0 Å². The summed E-state index contributed by atoms with van der Waals surface area (Å²) in [4.78, 5) is 0. The fourth-order valence-corrected chi connectivity index (χ4v) is 15.0. The van der Waals surface area contributed by atoms with Gasteiger partial charge < -0.3 is 27.6 Å². The summed E-state index contributed by atoms with van der Waals surface area (Å²) in [7, 11) is -6.00. The van der Waals surface area contributed by atoms with Crippen LogP contribution in [-0.2, 0) is 41.1 Å². The van der Waals surface area contributed by atoms with Gasteiger partial charge in [0, 0.05) is 18.6 Å². The van der Waals surface area contributed by atoms with Crippen molar-refractivity contribution in [2.45, 2.75) is 147 Å². The molecular weight excluding hydrogens is 689 g/mol. The van der Waals surface area contributed by atoms with Crippen molar-refractivity contribution in [3.8, 4) is 0 Å². The first kappa shape index (κ1) is 39.2. The van der Waals surface area contributed by atoms with Crippen molar-refractivity contribution in [1.29, 1.82) is 0 Å². The maximum absolute atomic E-state index is 10.6. The molecular formula is C25H56IO6PSi3V. The van der Waals surface area contributed by atoms with E-state index in [1.54, 1.807) is 0 Å². The van der Waals surface area contributed by atoms with Crippen molar-refractivity contribution in [2.24, 2.45) is 0 Å². The summed E-state index contributed by atoms with van der Waals surface area (Å²) < 4.78 is 34.3. The molecule has 0 aromatic carbocycles. The molecule has 37 heavy (non-hydrogen) atoms. The van der Waals surface area contributed by atoms with E-state index in [9.17, 15) is 5.11 Å². The Morgan fingerprint density at radius 3 is 1.24 bits per heavy atom. The SMILES string of the molecule is CC[Si](CC)(CC)O[C@@H]1[C@H](O[Si](CC)(CC)CC)[C@@H](O[Si](CC)(CC)CC)C(CO)O[C@@H]1COPI.[V]. The second-order valence-electron chi connectivity index (χ2n) is 10.3. The van der Waals surface area contributed by atoms with Crippen molar-refractivity contribution in [2.75, 3.05) is 13.2 Å². The van der Waals surface area contributed by atoms with E-state index in [1.807, 2.05) is 0 Å². The molecule has 1 aliphatic rings. The van der Waals surface area contributed by atoms with Gasteiger partial charge in [-0.2, -0.15) is 0 Å². The maximum atomic E-state index is 10.6. The molecule has 0 aliphatic carbocycles. The molecule has 2 unspecified atom stereocenters. The molecule has 12 heteroatoms. The summed E-state index contributed by atoms with van der Waals surface area (Å²) >= 11 is 2.26. The molecule has 6 atom stereocenters. The van der Waals surface area contributed by atoms with E-state index < -0.39 is 31.1 Å². The zero-order valence-corrected chi connectivity index (χ0v) is 32.5. The predicted molar refractivity (Wildman–Crippen MR) is 170 cm³/mol. The molecule has 1 rings (SSSR count). The van der Waals surface area contributed by atoms with Crippen LogP contribution < -0.4 is 0 Å². The number of aliphatic hydroxyl groups is 1. The van der Waals surface area contributed by atoms with Crippen LogP contribution in [0.3, 0.4) is 0 Å². The van der Waals surface area contributed by atoms with E-state index in [0.29, 0.717) is 13.1 Å². The first-order chi connectivity index (χ1) is 17.2. The van der Waals surface area contributed by atoms with Gasteiger partial charge in [0.1, 0.15) is 30.5 Å². The van der Waals surface area contributed by atoms with Crippen molar-refractivity contribution < 1.29 is 46.2 Å². The zero-order valence-electron chi connectivity index (χ0n) is 25.0. The van der Waals surface area contributed by atoms with Crippen LogP contribution in [-0.4, -0.2) is 73.8 Å². The van der Waals surface area contributed by atoms with Gasteiger partial charge >= 0.3 is 0 Å². The minimum atomic E-state index is -2.01. The molecule has 6 nitrogen and oxygen atoms in total. The third-order valence-electron chi connectivity index (χ3n) is 9.17. The minimum Gasteiger partial charge on any atom is -0.409 e. The summed E-state index contributed by atoms with van der Waals surface area (Å²) in [5, 5.41) is 10.6. The Balaban J connectivity index is 0.0000130. The molecule has 1 heterocycles. The molecule has 0 aromatic heterocycles. The largest absolute Gasteiger partial charge is 0.409 e. The molecule has 1 aliphatic heterocycles. The van der Waals surface area contributed by atoms with Gasteiger partial charge in [0.2, 0.25) is 0 Å². The summed E-state index contributed by atoms with van der Waals surface area (Å²) in [5.41, 5.74) is 0. The molecule has 0 saturated carbocycles. The fraction of sp³-hybridized carbons (Fsp3) is 1.00. The summed E-state index contributed by atoms with van der Waals surface area (Å²) in [5.74, 6) is 0. The molecule has 0 amide bonds. The Hall–Kier alpha value is 2.16. The normalized spacial score (nSPS) is 25.5. The third kappa shape index (κ3) is 10.1. The Morgan fingerprint density at radius 1 is 0.622 bits per heavy atom. The molecule has 1 fully saturated rings. The minimum absolute atomic E-state index is 0. The molecule has 0 spiro atoms. The summed E-state index contributed by atoms with van der Waals surface area (Å²) in [6.07, 6.45) is -1.52. The van der Waals surface area contributed by atoms with Gasteiger partial charge in [0.25, 0.3) is 0 Å². The van der Waals surface area contributed by atoms with Gasteiger partial charge in [-0.3, -0.25) is 0 Å². The van der Waals surface area contributed by atoms with Crippen LogP contribution in [0.4, 0.5) is 0 Å². The molecule has 1 radical (unpaired) electrons. The first-order valence-corrected chi connectivity index (χ1v) is 26.1. The molecule has 1 saturated heterocycles. The fourth-order valence-electron chi connectivity index (χ4n) is 5.67. The third-order valence-corrected chi connectivity index (χ3v) is 24.3. The van der Waals surface area contributed by atoms with Gasteiger partial charge in [-0.15, -0.1) is 0 Å². The zero-order chi connectivity index (χ0) is 27.4. The average Bonchev–Trinajstić information content (AvgIpc) is 2.93. The number of hydrogen-bond donors (Lipinski definition) is 1. The van der Waals surface area contributed by atoms with Crippen molar-refractivity contribution in [1.82, 2.24) is 0 Å². The number of ether oxygens (including phenoxy) is 1. The van der Waals surface area contributed by atoms with E-state index in [2.05, 4.69) is 84.4 Å². The maximum Gasteiger partial charge on any atom is 0.192 e. The van der Waals surface area contributed by atoms with E-state index in [1.165, 1.54) is 0 Å².